The van der Waals surface area contributed by atoms with Crippen LogP contribution < -0.4 is 4.40 Å². The van der Waals surface area contributed by atoms with Gasteiger partial charge in [0, 0.05) is 36.7 Å². The standard InChI is InChI=1S/C48H45N2O.C14H15FGeN.Ir/c1-30(2)40-26-36(34-22-20-32(21-23-34)29-48(5,6)7)27-41(31(3)4)45(40)50-43-19-12-11-18-42(43)49-47(50)39-17-13-16-38-37-25-24-35(28-44(37)51-46(38)39)33-14-9-8-10-15-33;1-16(2,3)13-8-9-14(17-10-13)11-4-6-12(15)7-5-11;/h8-16,18-28,30-31H,29H2,1-7H3;4,6-10H,1-3H3;/q2*-1;/i22D,23D,29D2,30D,31D;;. The first kappa shape index (κ1) is 42.0. The van der Waals surface area contributed by atoms with Crippen molar-refractivity contribution in [3.05, 3.63) is 192 Å². The summed E-state index contributed by atoms with van der Waals surface area (Å²) in [5.74, 6) is 4.84. The van der Waals surface area contributed by atoms with Gasteiger partial charge in [-0.1, -0.05) is 138 Å². The Balaban J connectivity index is 0.000000352. The number of nitrogens with zero attached hydrogens (tertiary/aromatic N) is 3. The Kier molecular flexibility index (Phi) is 12.3. The molecule has 0 N–H and O–H groups in total. The zero-order chi connectivity index (χ0) is 53.3. The van der Waals surface area contributed by atoms with Gasteiger partial charge in [0.15, 0.2) is 0 Å². The van der Waals surface area contributed by atoms with E-state index in [4.69, 9.17) is 14.9 Å². The van der Waals surface area contributed by atoms with Gasteiger partial charge in [0.25, 0.3) is 0 Å². The molecule has 0 saturated carbocycles. The van der Waals surface area contributed by atoms with E-state index in [9.17, 15) is 7.13 Å². The number of para-hydroxylation sites is 2. The maximum Gasteiger partial charge on any atom is 0 e. The second-order valence-electron chi connectivity index (χ2n) is 19.8. The number of furan rings is 1. The maximum absolute atomic E-state index is 12.8. The number of rotatable bonds is 9. The van der Waals surface area contributed by atoms with Crippen LogP contribution in [0.15, 0.2) is 162 Å². The number of benzene rings is 7. The van der Waals surface area contributed by atoms with Crippen LogP contribution in [0.1, 0.15) is 85.2 Å². The molecule has 4 nitrogen and oxygen atoms in total. The molecule has 0 amide bonds. The van der Waals surface area contributed by atoms with Crippen molar-refractivity contribution in [2.75, 3.05) is 0 Å². The summed E-state index contributed by atoms with van der Waals surface area (Å²) >= 11 is -1.79. The second kappa shape index (κ2) is 20.2. The molecule has 10 rings (SSSR count). The van der Waals surface area contributed by atoms with E-state index < -0.39 is 36.8 Å². The number of imidazole rings is 1. The zero-order valence-corrected chi connectivity index (χ0v) is 45.3. The van der Waals surface area contributed by atoms with Crippen molar-refractivity contribution in [2.45, 2.75) is 83.9 Å². The van der Waals surface area contributed by atoms with Crippen LogP contribution in [0.2, 0.25) is 17.3 Å². The van der Waals surface area contributed by atoms with Crippen LogP contribution in [-0.4, -0.2) is 27.8 Å². The van der Waals surface area contributed by atoms with Crippen molar-refractivity contribution in [3.63, 3.8) is 0 Å². The van der Waals surface area contributed by atoms with Gasteiger partial charge in [0.2, 0.25) is 0 Å². The van der Waals surface area contributed by atoms with Crippen molar-refractivity contribution in [1.29, 1.82) is 0 Å². The molecular weight excluding hydrogens is 1090 g/mol. The summed E-state index contributed by atoms with van der Waals surface area (Å²) in [5, 5.41) is 1.88. The van der Waals surface area contributed by atoms with Crippen LogP contribution >= 0.6 is 0 Å². The molecule has 0 atom stereocenters. The Labute approximate surface area is 432 Å². The molecule has 1 radical (unpaired) electrons. The van der Waals surface area contributed by atoms with Crippen LogP contribution in [0.4, 0.5) is 4.39 Å². The molecule has 0 aliphatic heterocycles. The Bertz CT molecular complexity index is 3660. The third-order valence-corrected chi connectivity index (χ3v) is 16.2. The number of pyridine rings is 1. The summed E-state index contributed by atoms with van der Waals surface area (Å²) in [5.41, 5.74) is 9.43. The molecule has 0 fully saturated rings. The third kappa shape index (κ3) is 10.6. The molecule has 3 aromatic heterocycles. The molecule has 7 heteroatoms. The van der Waals surface area contributed by atoms with Crippen molar-refractivity contribution < 1.29 is 37.1 Å². The molecule has 0 saturated heterocycles. The molecule has 10 aromatic rings. The Morgan fingerprint density at radius 1 is 0.754 bits per heavy atom. The van der Waals surface area contributed by atoms with Gasteiger partial charge in [-0.2, -0.15) is 0 Å². The zero-order valence-electron chi connectivity index (χ0n) is 46.8. The Morgan fingerprint density at radius 2 is 1.45 bits per heavy atom. The largest absolute Gasteiger partial charge is 0 e. The fraction of sp³-hybridized carbons (Fsp3) is 0.226. The van der Waals surface area contributed by atoms with Crippen LogP contribution in [0.5, 0.6) is 0 Å². The van der Waals surface area contributed by atoms with E-state index >= 15 is 0 Å². The molecule has 0 spiro atoms. The minimum atomic E-state index is -1.79. The topological polar surface area (TPSA) is 43.9 Å². The molecule has 3 heterocycles. The average Bonchev–Trinajstić information content (AvgIpc) is 3.91. The minimum absolute atomic E-state index is 0. The second-order valence-corrected chi connectivity index (χ2v) is 30.5. The summed E-state index contributed by atoms with van der Waals surface area (Å²) in [6.45, 7) is 12.6. The molecule has 7 aromatic carbocycles. The van der Waals surface area contributed by atoms with E-state index in [1.807, 2.05) is 83.6 Å². The number of hydrogen-bond acceptors (Lipinski definition) is 3. The fourth-order valence-electron chi connectivity index (χ4n) is 8.54. The minimum Gasteiger partial charge on any atom is 0 e. The summed E-state index contributed by atoms with van der Waals surface area (Å²) in [7, 11) is 0. The maximum atomic E-state index is 12.8. The summed E-state index contributed by atoms with van der Waals surface area (Å²) in [6, 6.07) is 49.8. The number of hydrogen-bond donors (Lipinski definition) is 0. The summed E-state index contributed by atoms with van der Waals surface area (Å²) in [4.78, 5) is 9.64. The predicted molar refractivity (Wildman–Crippen MR) is 286 cm³/mol. The van der Waals surface area contributed by atoms with Gasteiger partial charge in [-0.25, -0.2) is 0 Å². The van der Waals surface area contributed by atoms with Crippen molar-refractivity contribution in [2.24, 2.45) is 5.41 Å². The van der Waals surface area contributed by atoms with Gasteiger partial charge < -0.3 is 8.98 Å². The van der Waals surface area contributed by atoms with E-state index in [1.54, 1.807) is 54.5 Å². The van der Waals surface area contributed by atoms with Crippen LogP contribution in [0, 0.1) is 23.4 Å². The van der Waals surface area contributed by atoms with E-state index in [0.29, 0.717) is 44.9 Å². The SMILES string of the molecule is [2H]c1cc(C([2H])([2H])C(C)(C)C)cc([2H])c1-c1cc(C([2H])(C)C)c(-n2c(-c3[c-]ccc4c3oc3cc(-c5ccccc5)ccc34)nc3ccccc32)c(C([2H])(C)C)c1.[CH3][Ge]([CH3])([CH3])[c]1ccc(-c2[c-]cc(F)cc2)nc1.[Ir]. The Morgan fingerprint density at radius 3 is 2.07 bits per heavy atom. The van der Waals surface area contributed by atoms with Gasteiger partial charge in [-0.15, -0.1) is 18.2 Å². The molecule has 0 bridgehead atoms. The van der Waals surface area contributed by atoms with E-state index in [0.717, 1.165) is 49.8 Å². The van der Waals surface area contributed by atoms with Gasteiger partial charge in [0.1, 0.15) is 5.58 Å². The quantitative estimate of drug-likeness (QED) is 0.107. The molecular formula is C62H60FGeIrN3O-2. The molecule has 351 valence electrons. The van der Waals surface area contributed by atoms with Crippen molar-refractivity contribution in [3.8, 4) is 50.6 Å². The monoisotopic (exact) mass is 1150 g/mol. The summed E-state index contributed by atoms with van der Waals surface area (Å²) < 4.78 is 78.0. The fourth-order valence-corrected chi connectivity index (χ4v) is 10.7. The van der Waals surface area contributed by atoms with E-state index in [-0.39, 0.29) is 43.6 Å². The molecule has 0 aliphatic carbocycles. The molecule has 0 aliphatic rings. The molecule has 69 heavy (non-hydrogen) atoms. The van der Waals surface area contributed by atoms with Gasteiger partial charge >= 0.3 is 104 Å². The number of aromatic nitrogens is 3. The average molecular weight is 1150 g/mol. The first-order valence-electron chi connectivity index (χ1n) is 26.1. The number of halogens is 1. The predicted octanol–water partition coefficient (Wildman–Crippen LogP) is 16.8. The van der Waals surface area contributed by atoms with Crippen LogP contribution in [0.25, 0.3) is 83.6 Å². The van der Waals surface area contributed by atoms with Gasteiger partial charge in [0.05, 0.1) is 25.2 Å². The summed E-state index contributed by atoms with van der Waals surface area (Å²) in [6.07, 6.45) is 0.166. The van der Waals surface area contributed by atoms with Gasteiger partial charge in [-0.05, 0) is 92.9 Å². The van der Waals surface area contributed by atoms with E-state index in [2.05, 4.69) is 70.8 Å². The normalized spacial score (nSPS) is 13.7. The van der Waals surface area contributed by atoms with Crippen molar-refractivity contribution in [1.82, 2.24) is 14.5 Å². The number of fused-ring (bicyclic) bond motifs is 4. The first-order valence-corrected chi connectivity index (χ1v) is 30.4. The first-order chi connectivity index (χ1) is 34.7. The van der Waals surface area contributed by atoms with Crippen molar-refractivity contribution >= 4 is 50.6 Å². The Hall–Kier alpha value is -5.92. The van der Waals surface area contributed by atoms with Gasteiger partial charge in [-0.3, -0.25) is 4.98 Å². The van der Waals surface area contributed by atoms with Crippen LogP contribution in [-0.2, 0) is 26.5 Å². The van der Waals surface area contributed by atoms with Crippen LogP contribution in [0.3, 0.4) is 0 Å². The van der Waals surface area contributed by atoms with E-state index in [1.165, 1.54) is 28.7 Å². The smallest absolute Gasteiger partial charge is 0 e. The third-order valence-electron chi connectivity index (χ3n) is 12.0. The molecule has 0 unspecified atom stereocenters.